The first-order valence-corrected chi connectivity index (χ1v) is 7.85. The number of anilines is 1. The number of aliphatic hydroxyl groups excluding tert-OH is 1. The molecule has 5 heteroatoms. The maximum absolute atomic E-state index is 10.6. The summed E-state index contributed by atoms with van der Waals surface area (Å²) in [6.07, 6.45) is 7.38. The number of hydrogen-bond acceptors (Lipinski definition) is 4. The molecule has 5 nitrogen and oxygen atoms in total. The number of nitrogens with one attached hydrogen (secondary N) is 1. The molecule has 0 aromatic heterocycles. The molecule has 0 aliphatic rings. The summed E-state index contributed by atoms with van der Waals surface area (Å²) in [7, 11) is 1.65. The van der Waals surface area contributed by atoms with Crippen LogP contribution >= 0.6 is 0 Å². The van der Waals surface area contributed by atoms with Gasteiger partial charge in [-0.2, -0.15) is 0 Å². The zero-order chi connectivity index (χ0) is 18.5. The first-order valence-electron chi connectivity index (χ1n) is 7.85. The van der Waals surface area contributed by atoms with Crippen LogP contribution in [0.15, 0.2) is 54.2 Å². The third kappa shape index (κ3) is 8.90. The van der Waals surface area contributed by atoms with E-state index in [-0.39, 0.29) is 12.3 Å². The van der Waals surface area contributed by atoms with Crippen molar-refractivity contribution in [2.24, 2.45) is 0 Å². The Morgan fingerprint density at radius 3 is 2.46 bits per heavy atom. The zero-order valence-corrected chi connectivity index (χ0v) is 15.0. The molecule has 0 unspecified atom stereocenters. The number of aliphatic hydroxyl groups is 1. The Morgan fingerprint density at radius 2 is 2.00 bits per heavy atom. The molecule has 0 bridgehead atoms. The van der Waals surface area contributed by atoms with Crippen molar-refractivity contribution in [2.45, 2.75) is 33.6 Å². The van der Waals surface area contributed by atoms with Crippen molar-refractivity contribution in [3.63, 3.8) is 0 Å². The van der Waals surface area contributed by atoms with Crippen molar-refractivity contribution in [1.82, 2.24) is 0 Å². The van der Waals surface area contributed by atoms with E-state index in [0.717, 1.165) is 12.0 Å². The fraction of sp³-hybridized carbons (Fsp3) is 0.368. The number of nitro benzene ring substituents is 1. The van der Waals surface area contributed by atoms with E-state index in [9.17, 15) is 10.1 Å². The number of nitrogens with zero attached hydrogens (tertiary/aromatic N) is 1. The first kappa shape index (κ1) is 21.6. The Labute approximate surface area is 144 Å². The number of aryl methyl sites for hydroxylation is 1. The quantitative estimate of drug-likeness (QED) is 0.433. The molecule has 24 heavy (non-hydrogen) atoms. The maximum Gasteiger partial charge on any atom is 0.292 e. The average Bonchev–Trinajstić information content (AvgIpc) is 2.57. The van der Waals surface area contributed by atoms with Crippen LogP contribution in [0, 0.1) is 10.1 Å². The van der Waals surface area contributed by atoms with Gasteiger partial charge in [0, 0.05) is 19.7 Å². The molecule has 0 fully saturated rings. The number of rotatable bonds is 7. The van der Waals surface area contributed by atoms with Gasteiger partial charge in [0.05, 0.1) is 4.92 Å². The number of hydrogen-bond donors (Lipinski definition) is 2. The summed E-state index contributed by atoms with van der Waals surface area (Å²) < 4.78 is 0. The Bertz CT molecular complexity index is 601. The highest BCUT2D eigenvalue weighted by Gasteiger charge is 2.12. The summed E-state index contributed by atoms with van der Waals surface area (Å²) in [6.45, 7) is 9.96. The van der Waals surface area contributed by atoms with Crippen molar-refractivity contribution < 1.29 is 10.0 Å². The van der Waals surface area contributed by atoms with Crippen molar-refractivity contribution in [3.8, 4) is 0 Å². The predicted octanol–water partition coefficient (Wildman–Crippen LogP) is 4.65. The van der Waals surface area contributed by atoms with E-state index in [1.807, 2.05) is 13.0 Å². The lowest BCUT2D eigenvalue weighted by Crippen LogP contribution is -1.98. The van der Waals surface area contributed by atoms with Crippen LogP contribution in [0.5, 0.6) is 0 Å². The normalized spacial score (nSPS) is 10.3. The lowest BCUT2D eigenvalue weighted by atomic mass is 10.1. The Morgan fingerprint density at radius 1 is 1.33 bits per heavy atom. The molecule has 1 rings (SSSR count). The van der Waals surface area contributed by atoms with Gasteiger partial charge in [0.25, 0.3) is 5.69 Å². The summed E-state index contributed by atoms with van der Waals surface area (Å²) >= 11 is 0. The molecule has 0 saturated heterocycles. The van der Waals surface area contributed by atoms with Gasteiger partial charge in [0.15, 0.2) is 0 Å². The molecule has 1 aromatic carbocycles. The van der Waals surface area contributed by atoms with E-state index in [0.29, 0.717) is 12.1 Å². The van der Waals surface area contributed by atoms with E-state index in [2.05, 4.69) is 37.9 Å². The van der Waals surface area contributed by atoms with Gasteiger partial charge in [0.1, 0.15) is 5.69 Å². The van der Waals surface area contributed by atoms with Gasteiger partial charge in [-0.3, -0.25) is 10.1 Å². The summed E-state index contributed by atoms with van der Waals surface area (Å²) in [5, 5.41) is 22.1. The van der Waals surface area contributed by atoms with E-state index in [4.69, 9.17) is 5.11 Å². The molecule has 1 aromatic rings. The van der Waals surface area contributed by atoms with Crippen LogP contribution in [0.25, 0.3) is 0 Å². The summed E-state index contributed by atoms with van der Waals surface area (Å²) in [6, 6.07) is 4.95. The van der Waals surface area contributed by atoms with Gasteiger partial charge in [0.2, 0.25) is 0 Å². The van der Waals surface area contributed by atoms with E-state index < -0.39 is 4.92 Å². The minimum Gasteiger partial charge on any atom is -0.396 e. The van der Waals surface area contributed by atoms with Crippen LogP contribution < -0.4 is 5.32 Å². The fourth-order valence-electron chi connectivity index (χ4n) is 1.75. The first-order chi connectivity index (χ1) is 11.3. The second kappa shape index (κ2) is 12.1. The molecule has 0 aliphatic heterocycles. The van der Waals surface area contributed by atoms with Crippen molar-refractivity contribution in [3.05, 3.63) is 69.8 Å². The molecule has 0 spiro atoms. The van der Waals surface area contributed by atoms with Gasteiger partial charge in [-0.15, -0.1) is 0 Å². The SMILES string of the molecule is C=C/C(C)=C\C=C(C)C.CNc1cc(CCCO)ccc1[N+](=O)[O-]. The van der Waals surface area contributed by atoms with Crippen LogP contribution in [0.4, 0.5) is 11.4 Å². The standard InChI is InChI=1S/C10H14N2O3.C9H14/c1-11-9-7-8(3-2-6-13)4-5-10(9)12(14)15;1-5-9(4)7-6-8(2)3/h4-5,7,11,13H,2-3,6H2,1H3;5-7H,1H2,2-4H3/b;9-7-. The minimum atomic E-state index is -0.415. The molecular weight excluding hydrogens is 304 g/mol. The predicted molar refractivity (Wildman–Crippen MR) is 101 cm³/mol. The summed E-state index contributed by atoms with van der Waals surface area (Å²) in [5.74, 6) is 0. The van der Waals surface area contributed by atoms with Gasteiger partial charge < -0.3 is 10.4 Å². The van der Waals surface area contributed by atoms with Crippen molar-refractivity contribution >= 4 is 11.4 Å². The largest absolute Gasteiger partial charge is 0.396 e. The summed E-state index contributed by atoms with van der Waals surface area (Å²) in [4.78, 5) is 10.2. The maximum atomic E-state index is 10.6. The molecule has 0 atom stereocenters. The molecule has 0 radical (unpaired) electrons. The highest BCUT2D eigenvalue weighted by Crippen LogP contribution is 2.25. The van der Waals surface area contributed by atoms with Gasteiger partial charge in [-0.25, -0.2) is 0 Å². The van der Waals surface area contributed by atoms with Gasteiger partial charge in [-0.1, -0.05) is 42.0 Å². The third-order valence-corrected chi connectivity index (χ3v) is 3.15. The van der Waals surface area contributed by atoms with Gasteiger partial charge in [-0.05, 0) is 45.2 Å². The fourth-order valence-corrected chi connectivity index (χ4v) is 1.75. The monoisotopic (exact) mass is 332 g/mol. The second-order valence-corrected chi connectivity index (χ2v) is 5.54. The molecule has 2 N–H and O–H groups in total. The smallest absolute Gasteiger partial charge is 0.292 e. The van der Waals surface area contributed by atoms with Crippen molar-refractivity contribution in [2.75, 3.05) is 19.0 Å². The highest BCUT2D eigenvalue weighted by atomic mass is 16.6. The lowest BCUT2D eigenvalue weighted by molar-refractivity contribution is -0.383. The molecule has 0 saturated carbocycles. The Hall–Kier alpha value is -2.40. The highest BCUT2D eigenvalue weighted by molar-refractivity contribution is 5.62. The number of allylic oxidation sites excluding steroid dienone is 5. The van der Waals surface area contributed by atoms with Crippen LogP contribution in [0.1, 0.15) is 32.8 Å². The van der Waals surface area contributed by atoms with Crippen LogP contribution in [-0.4, -0.2) is 23.7 Å². The Kier molecular flexibility index (Phi) is 10.9. The van der Waals surface area contributed by atoms with Crippen LogP contribution in [0.2, 0.25) is 0 Å². The molecular formula is C19H28N2O3. The van der Waals surface area contributed by atoms with E-state index in [1.54, 1.807) is 19.2 Å². The van der Waals surface area contributed by atoms with Gasteiger partial charge >= 0.3 is 0 Å². The molecule has 132 valence electrons. The lowest BCUT2D eigenvalue weighted by Gasteiger charge is -2.05. The topological polar surface area (TPSA) is 75.4 Å². The third-order valence-electron chi connectivity index (χ3n) is 3.15. The molecule has 0 heterocycles. The zero-order valence-electron chi connectivity index (χ0n) is 15.0. The number of benzene rings is 1. The van der Waals surface area contributed by atoms with E-state index in [1.165, 1.54) is 17.2 Å². The van der Waals surface area contributed by atoms with E-state index >= 15 is 0 Å². The van der Waals surface area contributed by atoms with Crippen LogP contribution in [-0.2, 0) is 6.42 Å². The average molecular weight is 332 g/mol. The minimum absolute atomic E-state index is 0.0743. The Balaban J connectivity index is 0.000000506. The molecule has 0 amide bonds. The number of nitro groups is 1. The summed E-state index contributed by atoms with van der Waals surface area (Å²) in [5.41, 5.74) is 4.09. The van der Waals surface area contributed by atoms with Crippen LogP contribution in [0.3, 0.4) is 0 Å². The molecule has 0 aliphatic carbocycles. The second-order valence-electron chi connectivity index (χ2n) is 5.54. The van der Waals surface area contributed by atoms with Crippen molar-refractivity contribution in [1.29, 1.82) is 0 Å².